The maximum Gasteiger partial charge on any atom is 0.224 e. The molecule has 4 heterocycles. The molecule has 2 aliphatic heterocycles. The molecule has 8 nitrogen and oxygen atoms in total. The van der Waals surface area contributed by atoms with Gasteiger partial charge in [0, 0.05) is 56.7 Å². The fourth-order valence-electron chi connectivity index (χ4n) is 5.10. The molecule has 0 spiro atoms. The van der Waals surface area contributed by atoms with Crippen LogP contribution < -0.4 is 10.1 Å². The molecule has 0 aliphatic carbocycles. The largest absolute Gasteiger partial charge is 0.492 e. The molecule has 3 atom stereocenters. The number of aromatic nitrogens is 3. The SMILES string of the molecule is Cc1ccc(OC[C@H]2C[C@@H](C(=O)NCCC3CCCN3C)CN(Cc3nccn3C)C2)cn1. The molecule has 2 aromatic rings. The van der Waals surface area contributed by atoms with Crippen molar-refractivity contribution in [3.8, 4) is 5.75 Å². The number of likely N-dealkylation sites (tertiary alicyclic amines) is 2. The minimum Gasteiger partial charge on any atom is -0.492 e. The van der Waals surface area contributed by atoms with Gasteiger partial charge in [-0.1, -0.05) is 0 Å². The van der Waals surface area contributed by atoms with E-state index in [1.807, 2.05) is 43.1 Å². The van der Waals surface area contributed by atoms with Gasteiger partial charge in [-0.05, 0) is 58.3 Å². The first-order valence-electron chi connectivity index (χ1n) is 12.2. The number of rotatable bonds is 9. The molecule has 2 saturated heterocycles. The summed E-state index contributed by atoms with van der Waals surface area (Å²) in [6, 6.07) is 4.52. The Morgan fingerprint density at radius 3 is 2.82 bits per heavy atom. The number of nitrogens with one attached hydrogen (secondary N) is 1. The number of hydrogen-bond donors (Lipinski definition) is 1. The lowest BCUT2D eigenvalue weighted by Gasteiger charge is -2.37. The van der Waals surface area contributed by atoms with Gasteiger partial charge in [-0.3, -0.25) is 14.7 Å². The van der Waals surface area contributed by atoms with E-state index in [0.29, 0.717) is 12.6 Å². The van der Waals surface area contributed by atoms with Crippen molar-refractivity contribution in [1.29, 1.82) is 0 Å². The molecule has 1 unspecified atom stereocenters. The first-order chi connectivity index (χ1) is 16.0. The molecule has 0 aromatic carbocycles. The van der Waals surface area contributed by atoms with Crippen molar-refractivity contribution in [2.75, 3.05) is 39.8 Å². The van der Waals surface area contributed by atoms with E-state index in [1.54, 1.807) is 6.20 Å². The first kappa shape index (κ1) is 23.7. The van der Waals surface area contributed by atoms with Crippen LogP contribution in [0.5, 0.6) is 5.75 Å². The van der Waals surface area contributed by atoms with Crippen molar-refractivity contribution in [1.82, 2.24) is 29.7 Å². The molecular formula is C25H38N6O2. The average molecular weight is 455 g/mol. The van der Waals surface area contributed by atoms with Crippen LogP contribution in [0.1, 0.15) is 37.2 Å². The van der Waals surface area contributed by atoms with Crippen molar-refractivity contribution in [3.05, 3.63) is 42.2 Å². The van der Waals surface area contributed by atoms with Crippen LogP contribution in [0.4, 0.5) is 0 Å². The monoisotopic (exact) mass is 454 g/mol. The van der Waals surface area contributed by atoms with Gasteiger partial charge in [0.25, 0.3) is 0 Å². The Balaban J connectivity index is 1.34. The highest BCUT2D eigenvalue weighted by atomic mass is 16.5. The van der Waals surface area contributed by atoms with Gasteiger partial charge in [0.15, 0.2) is 0 Å². The van der Waals surface area contributed by atoms with Crippen LogP contribution in [0, 0.1) is 18.8 Å². The van der Waals surface area contributed by atoms with E-state index in [-0.39, 0.29) is 17.7 Å². The number of carbonyl (C=O) groups is 1. The molecule has 2 aromatic heterocycles. The predicted octanol–water partition coefficient (Wildman–Crippen LogP) is 2.24. The quantitative estimate of drug-likeness (QED) is 0.626. The summed E-state index contributed by atoms with van der Waals surface area (Å²) in [5, 5.41) is 3.23. The third-order valence-corrected chi connectivity index (χ3v) is 7.09. The second-order valence-corrected chi connectivity index (χ2v) is 9.75. The average Bonchev–Trinajstić information content (AvgIpc) is 3.41. The van der Waals surface area contributed by atoms with Crippen LogP contribution in [0.2, 0.25) is 0 Å². The summed E-state index contributed by atoms with van der Waals surface area (Å²) in [6.45, 7) is 6.85. The van der Waals surface area contributed by atoms with Crippen LogP contribution in [0.25, 0.3) is 0 Å². The minimum atomic E-state index is -0.0370. The molecule has 33 heavy (non-hydrogen) atoms. The van der Waals surface area contributed by atoms with Gasteiger partial charge in [-0.2, -0.15) is 0 Å². The molecule has 0 saturated carbocycles. The summed E-state index contributed by atoms with van der Waals surface area (Å²) in [5.74, 6) is 2.20. The summed E-state index contributed by atoms with van der Waals surface area (Å²) >= 11 is 0. The van der Waals surface area contributed by atoms with Crippen LogP contribution in [-0.2, 0) is 18.4 Å². The van der Waals surface area contributed by atoms with Gasteiger partial charge in [0.2, 0.25) is 5.91 Å². The molecule has 0 bridgehead atoms. The van der Waals surface area contributed by atoms with Crippen molar-refractivity contribution >= 4 is 5.91 Å². The lowest BCUT2D eigenvalue weighted by molar-refractivity contribution is -0.127. The Hall–Kier alpha value is -2.45. The Morgan fingerprint density at radius 2 is 2.12 bits per heavy atom. The van der Waals surface area contributed by atoms with E-state index in [9.17, 15) is 4.79 Å². The predicted molar refractivity (Wildman–Crippen MR) is 128 cm³/mol. The van der Waals surface area contributed by atoms with Crippen LogP contribution in [-0.4, -0.2) is 76.1 Å². The third kappa shape index (κ3) is 6.54. The fourth-order valence-corrected chi connectivity index (χ4v) is 5.10. The van der Waals surface area contributed by atoms with Crippen molar-refractivity contribution in [3.63, 3.8) is 0 Å². The highest BCUT2D eigenvalue weighted by Crippen LogP contribution is 2.25. The normalized spacial score (nSPS) is 24.2. The first-order valence-corrected chi connectivity index (χ1v) is 12.2. The van der Waals surface area contributed by atoms with Gasteiger partial charge >= 0.3 is 0 Å². The molecule has 2 aliphatic rings. The fraction of sp³-hybridized carbons (Fsp3) is 0.640. The molecule has 1 amide bonds. The summed E-state index contributed by atoms with van der Waals surface area (Å²) in [5.41, 5.74) is 0.974. The summed E-state index contributed by atoms with van der Waals surface area (Å²) in [7, 11) is 4.20. The second kappa shape index (κ2) is 11.1. The number of carbonyl (C=O) groups excluding carboxylic acids is 1. The molecular weight excluding hydrogens is 416 g/mol. The van der Waals surface area contributed by atoms with Crippen molar-refractivity contribution in [2.24, 2.45) is 18.9 Å². The van der Waals surface area contributed by atoms with Gasteiger partial charge in [0.05, 0.1) is 25.3 Å². The molecule has 2 fully saturated rings. The molecule has 1 N–H and O–H groups in total. The zero-order chi connectivity index (χ0) is 23.2. The number of amides is 1. The summed E-state index contributed by atoms with van der Waals surface area (Å²) < 4.78 is 8.10. The standard InChI is InChI=1S/C25H38N6O2/c1-19-6-7-23(14-28-19)33-18-20-13-21(16-31(15-20)17-24-26-10-12-30(24)3)25(32)27-9-8-22-5-4-11-29(22)2/h6-7,10,12,14,20-22H,4-5,8-9,11,13,15-18H2,1-3H3,(H,27,32)/t20-,21+,22?/m0/s1. The Labute approximate surface area is 197 Å². The summed E-state index contributed by atoms with van der Waals surface area (Å²) in [6.07, 6.45) is 9.93. The number of ether oxygens (including phenoxy) is 1. The van der Waals surface area contributed by atoms with E-state index in [1.165, 1.54) is 19.4 Å². The number of hydrogen-bond acceptors (Lipinski definition) is 6. The number of imidazole rings is 1. The molecule has 8 heteroatoms. The lowest BCUT2D eigenvalue weighted by Crippen LogP contribution is -2.48. The maximum absolute atomic E-state index is 13.1. The van der Waals surface area contributed by atoms with E-state index < -0.39 is 0 Å². The zero-order valence-corrected chi connectivity index (χ0v) is 20.2. The Bertz CT molecular complexity index is 899. The maximum atomic E-state index is 13.1. The van der Waals surface area contributed by atoms with Gasteiger partial charge < -0.3 is 19.5 Å². The van der Waals surface area contributed by atoms with Crippen LogP contribution >= 0.6 is 0 Å². The van der Waals surface area contributed by atoms with Crippen LogP contribution in [0.15, 0.2) is 30.7 Å². The lowest BCUT2D eigenvalue weighted by atomic mass is 9.88. The van der Waals surface area contributed by atoms with E-state index in [0.717, 1.165) is 56.3 Å². The summed E-state index contributed by atoms with van der Waals surface area (Å²) in [4.78, 5) is 26.7. The highest BCUT2D eigenvalue weighted by molar-refractivity contribution is 5.79. The van der Waals surface area contributed by atoms with Crippen molar-refractivity contribution in [2.45, 2.75) is 45.2 Å². The second-order valence-electron chi connectivity index (χ2n) is 9.75. The van der Waals surface area contributed by atoms with E-state index in [2.05, 4.69) is 32.1 Å². The van der Waals surface area contributed by atoms with E-state index in [4.69, 9.17) is 4.74 Å². The molecule has 0 radical (unpaired) electrons. The van der Waals surface area contributed by atoms with Crippen molar-refractivity contribution < 1.29 is 9.53 Å². The van der Waals surface area contributed by atoms with Gasteiger partial charge in [-0.25, -0.2) is 4.98 Å². The van der Waals surface area contributed by atoms with Crippen LogP contribution in [0.3, 0.4) is 0 Å². The molecule has 4 rings (SSSR count). The van der Waals surface area contributed by atoms with Gasteiger partial charge in [0.1, 0.15) is 11.6 Å². The van der Waals surface area contributed by atoms with E-state index >= 15 is 0 Å². The molecule has 180 valence electrons. The van der Waals surface area contributed by atoms with Gasteiger partial charge in [-0.15, -0.1) is 0 Å². The number of pyridine rings is 1. The number of piperidine rings is 1. The Kier molecular flexibility index (Phi) is 7.98. The number of aryl methyl sites for hydroxylation is 2. The third-order valence-electron chi connectivity index (χ3n) is 7.09. The number of nitrogens with zero attached hydrogens (tertiary/aromatic N) is 5. The minimum absolute atomic E-state index is 0.0370. The highest BCUT2D eigenvalue weighted by Gasteiger charge is 2.32. The smallest absolute Gasteiger partial charge is 0.224 e. The zero-order valence-electron chi connectivity index (χ0n) is 20.2. The Morgan fingerprint density at radius 1 is 1.24 bits per heavy atom. The topological polar surface area (TPSA) is 75.5 Å².